The largest absolute Gasteiger partial charge is 0.384 e. The van der Waals surface area contributed by atoms with Crippen LogP contribution < -0.4 is 5.73 Å². The Morgan fingerprint density at radius 2 is 1.89 bits per heavy atom. The number of hydrogen-bond donors (Lipinski definition) is 1. The second kappa shape index (κ2) is 6.36. The Balaban J connectivity index is 1.89. The van der Waals surface area contributed by atoms with Crippen LogP contribution in [0.4, 0.5) is 5.82 Å². The summed E-state index contributed by atoms with van der Waals surface area (Å²) in [6.45, 7) is 8.64. The summed E-state index contributed by atoms with van der Waals surface area (Å²) in [6.07, 6.45) is 1.22. The van der Waals surface area contributed by atoms with Gasteiger partial charge in [-0.1, -0.05) is 18.5 Å². The second-order valence-electron chi connectivity index (χ2n) is 4.78. The normalized spacial score (nSPS) is 18.1. The minimum atomic E-state index is 0.541. The van der Waals surface area contributed by atoms with E-state index in [1.165, 1.54) is 13.0 Å². The highest BCUT2D eigenvalue weighted by molar-refractivity contribution is 6.31. The number of hydrogen-bond acceptors (Lipinski definition) is 4. The third-order valence-electron chi connectivity index (χ3n) is 3.32. The van der Waals surface area contributed by atoms with E-state index in [-0.39, 0.29) is 0 Å². The smallest absolute Gasteiger partial charge is 0.123 e. The summed E-state index contributed by atoms with van der Waals surface area (Å²) in [7, 11) is 0. The minimum Gasteiger partial charge on any atom is -0.384 e. The van der Waals surface area contributed by atoms with Crippen molar-refractivity contribution in [2.75, 3.05) is 38.5 Å². The lowest BCUT2D eigenvalue weighted by molar-refractivity contribution is 0.126. The Bertz CT molecular complexity index is 389. The zero-order valence-corrected chi connectivity index (χ0v) is 11.7. The van der Waals surface area contributed by atoms with Crippen molar-refractivity contribution in [3.63, 3.8) is 0 Å². The van der Waals surface area contributed by atoms with E-state index in [1.54, 1.807) is 6.07 Å². The SMILES string of the molecule is CCCN1CCN(Cc2nc(N)ccc2Cl)CC1. The quantitative estimate of drug-likeness (QED) is 0.905. The molecule has 2 N–H and O–H groups in total. The zero-order chi connectivity index (χ0) is 13.0. The molecule has 100 valence electrons. The molecule has 0 unspecified atom stereocenters. The maximum Gasteiger partial charge on any atom is 0.123 e. The van der Waals surface area contributed by atoms with Gasteiger partial charge in [-0.2, -0.15) is 0 Å². The second-order valence-corrected chi connectivity index (χ2v) is 5.19. The van der Waals surface area contributed by atoms with Crippen LogP contribution in [-0.4, -0.2) is 47.5 Å². The molecule has 0 aliphatic carbocycles. The van der Waals surface area contributed by atoms with Crippen LogP contribution in [0.5, 0.6) is 0 Å². The molecule has 2 heterocycles. The number of nitrogen functional groups attached to an aromatic ring is 1. The summed E-state index contributed by atoms with van der Waals surface area (Å²) in [6, 6.07) is 3.57. The monoisotopic (exact) mass is 268 g/mol. The van der Waals surface area contributed by atoms with Crippen molar-refractivity contribution in [2.24, 2.45) is 0 Å². The summed E-state index contributed by atoms with van der Waals surface area (Å²) in [5.74, 6) is 0.541. The number of piperazine rings is 1. The third-order valence-corrected chi connectivity index (χ3v) is 3.66. The minimum absolute atomic E-state index is 0.541. The van der Waals surface area contributed by atoms with Crippen molar-refractivity contribution in [2.45, 2.75) is 19.9 Å². The van der Waals surface area contributed by atoms with Gasteiger partial charge in [0.25, 0.3) is 0 Å². The number of nitrogens with two attached hydrogens (primary N) is 1. The average molecular weight is 269 g/mol. The van der Waals surface area contributed by atoms with E-state index >= 15 is 0 Å². The van der Waals surface area contributed by atoms with Crippen LogP contribution in [0, 0.1) is 0 Å². The first-order valence-electron chi connectivity index (χ1n) is 6.54. The number of nitrogens with zero attached hydrogens (tertiary/aromatic N) is 3. The van der Waals surface area contributed by atoms with Crippen molar-refractivity contribution in [3.05, 3.63) is 22.8 Å². The Labute approximate surface area is 114 Å². The van der Waals surface area contributed by atoms with E-state index in [9.17, 15) is 0 Å². The van der Waals surface area contributed by atoms with Crippen LogP contribution in [-0.2, 0) is 6.54 Å². The molecule has 0 saturated carbocycles. The molecule has 2 rings (SSSR count). The molecule has 1 aromatic rings. The summed E-state index contributed by atoms with van der Waals surface area (Å²) in [4.78, 5) is 9.21. The Morgan fingerprint density at radius 1 is 1.22 bits per heavy atom. The molecule has 4 nitrogen and oxygen atoms in total. The van der Waals surface area contributed by atoms with Crippen LogP contribution in [0.1, 0.15) is 19.0 Å². The molecule has 1 fully saturated rings. The van der Waals surface area contributed by atoms with Gasteiger partial charge in [0.15, 0.2) is 0 Å². The fourth-order valence-corrected chi connectivity index (χ4v) is 2.48. The van der Waals surface area contributed by atoms with Gasteiger partial charge in [0.1, 0.15) is 5.82 Å². The lowest BCUT2D eigenvalue weighted by Crippen LogP contribution is -2.46. The molecule has 1 aliphatic rings. The molecule has 1 aromatic heterocycles. The Hall–Kier alpha value is -0.840. The van der Waals surface area contributed by atoms with E-state index < -0.39 is 0 Å². The summed E-state index contributed by atoms with van der Waals surface area (Å²) < 4.78 is 0. The van der Waals surface area contributed by atoms with Crippen LogP contribution in [0.25, 0.3) is 0 Å². The highest BCUT2D eigenvalue weighted by Crippen LogP contribution is 2.17. The Morgan fingerprint density at radius 3 is 2.56 bits per heavy atom. The maximum atomic E-state index is 6.14. The standard InChI is InChI=1S/C13H21ClN4/c1-2-5-17-6-8-18(9-7-17)10-12-11(14)3-4-13(15)16-12/h3-4H,2,5-10H2,1H3,(H2,15,16). The molecule has 1 aliphatic heterocycles. The first-order chi connectivity index (χ1) is 8.69. The highest BCUT2D eigenvalue weighted by atomic mass is 35.5. The first-order valence-corrected chi connectivity index (χ1v) is 6.92. The molecule has 0 aromatic carbocycles. The molecule has 0 radical (unpaired) electrons. The maximum absolute atomic E-state index is 6.14. The van der Waals surface area contributed by atoms with Gasteiger partial charge in [-0.15, -0.1) is 0 Å². The highest BCUT2D eigenvalue weighted by Gasteiger charge is 2.17. The van der Waals surface area contributed by atoms with Gasteiger partial charge in [0, 0.05) is 32.7 Å². The molecule has 5 heteroatoms. The lowest BCUT2D eigenvalue weighted by atomic mass is 10.2. The molecule has 18 heavy (non-hydrogen) atoms. The molecule has 1 saturated heterocycles. The Kier molecular flexibility index (Phi) is 4.80. The topological polar surface area (TPSA) is 45.4 Å². The summed E-state index contributed by atoms with van der Waals surface area (Å²) >= 11 is 6.14. The number of pyridine rings is 1. The number of aromatic nitrogens is 1. The van der Waals surface area contributed by atoms with Crippen LogP contribution >= 0.6 is 11.6 Å². The van der Waals surface area contributed by atoms with E-state index in [0.717, 1.165) is 38.4 Å². The van der Waals surface area contributed by atoms with Crippen LogP contribution in [0.2, 0.25) is 5.02 Å². The van der Waals surface area contributed by atoms with Crippen molar-refractivity contribution >= 4 is 17.4 Å². The molecular weight excluding hydrogens is 248 g/mol. The predicted molar refractivity (Wildman–Crippen MR) is 75.7 cm³/mol. The summed E-state index contributed by atoms with van der Waals surface area (Å²) in [5, 5.41) is 0.709. The van der Waals surface area contributed by atoms with E-state index in [0.29, 0.717) is 10.8 Å². The van der Waals surface area contributed by atoms with Gasteiger partial charge < -0.3 is 10.6 Å². The molecule has 0 atom stereocenters. The molecular formula is C13H21ClN4. The van der Waals surface area contributed by atoms with Crippen molar-refractivity contribution < 1.29 is 0 Å². The number of rotatable bonds is 4. The van der Waals surface area contributed by atoms with Gasteiger partial charge in [0.05, 0.1) is 10.7 Å². The molecule has 0 bridgehead atoms. The average Bonchev–Trinajstić information content (AvgIpc) is 2.37. The van der Waals surface area contributed by atoms with Crippen LogP contribution in [0.15, 0.2) is 12.1 Å². The van der Waals surface area contributed by atoms with Crippen molar-refractivity contribution in [1.82, 2.24) is 14.8 Å². The zero-order valence-electron chi connectivity index (χ0n) is 10.9. The molecule has 0 amide bonds. The van der Waals surface area contributed by atoms with Gasteiger partial charge >= 0.3 is 0 Å². The lowest BCUT2D eigenvalue weighted by Gasteiger charge is -2.34. The third kappa shape index (κ3) is 3.57. The fourth-order valence-electron chi connectivity index (χ4n) is 2.31. The number of anilines is 1. The van der Waals surface area contributed by atoms with E-state index in [4.69, 9.17) is 17.3 Å². The van der Waals surface area contributed by atoms with Crippen LogP contribution in [0.3, 0.4) is 0 Å². The van der Waals surface area contributed by atoms with E-state index in [1.807, 2.05) is 6.07 Å². The van der Waals surface area contributed by atoms with Gasteiger partial charge in [-0.25, -0.2) is 4.98 Å². The summed E-state index contributed by atoms with van der Waals surface area (Å²) in [5.41, 5.74) is 6.59. The van der Waals surface area contributed by atoms with Gasteiger partial charge in [-0.05, 0) is 25.1 Å². The number of halogens is 1. The molecule has 0 spiro atoms. The van der Waals surface area contributed by atoms with Crippen molar-refractivity contribution in [1.29, 1.82) is 0 Å². The fraction of sp³-hybridized carbons (Fsp3) is 0.615. The first kappa shape index (κ1) is 13.6. The van der Waals surface area contributed by atoms with E-state index in [2.05, 4.69) is 21.7 Å². The van der Waals surface area contributed by atoms with Gasteiger partial charge in [-0.3, -0.25) is 4.90 Å². The van der Waals surface area contributed by atoms with Gasteiger partial charge in [0.2, 0.25) is 0 Å². The predicted octanol–water partition coefficient (Wildman–Crippen LogP) is 1.84. The van der Waals surface area contributed by atoms with Crippen molar-refractivity contribution in [3.8, 4) is 0 Å².